The topological polar surface area (TPSA) is 18.5 Å². The highest BCUT2D eigenvalue weighted by Crippen LogP contribution is 2.20. The zero-order valence-electron chi connectivity index (χ0n) is 16.5. The highest BCUT2D eigenvalue weighted by atomic mass is 32.1. The van der Waals surface area contributed by atoms with Crippen LogP contribution in [0.5, 0.6) is 0 Å². The van der Waals surface area contributed by atoms with Crippen molar-refractivity contribution < 1.29 is 0 Å². The van der Waals surface area contributed by atoms with Gasteiger partial charge >= 0.3 is 0 Å². The van der Waals surface area contributed by atoms with Crippen molar-refractivity contribution in [3.8, 4) is 0 Å². The Morgan fingerprint density at radius 1 is 0.963 bits per heavy atom. The Kier molecular flexibility index (Phi) is 7.11. The van der Waals surface area contributed by atoms with Crippen LogP contribution >= 0.6 is 12.2 Å². The molecular weight excluding hydrogens is 350 g/mol. The molecule has 1 aliphatic heterocycles. The Hall–Kier alpha value is -2.07. The Bertz CT molecular complexity index is 721. The van der Waals surface area contributed by atoms with Crippen molar-refractivity contribution in [3.05, 3.63) is 65.7 Å². The summed E-state index contributed by atoms with van der Waals surface area (Å²) in [4.78, 5) is 4.78. The maximum atomic E-state index is 5.61. The average molecular weight is 382 g/mol. The Morgan fingerprint density at radius 3 is 2.37 bits per heavy atom. The van der Waals surface area contributed by atoms with Crippen LogP contribution in [0.3, 0.4) is 0 Å². The van der Waals surface area contributed by atoms with Crippen LogP contribution in [-0.4, -0.2) is 42.7 Å². The van der Waals surface area contributed by atoms with Gasteiger partial charge in [-0.25, -0.2) is 0 Å². The van der Waals surface area contributed by atoms with Crippen LogP contribution in [0.4, 0.5) is 5.69 Å². The number of hydrogen-bond acceptors (Lipinski definition) is 2. The molecule has 3 rings (SSSR count). The minimum Gasteiger partial charge on any atom is -0.368 e. The number of hydrogen-bond donors (Lipinski definition) is 1. The monoisotopic (exact) mass is 381 g/mol. The first-order valence-corrected chi connectivity index (χ1v) is 10.4. The molecule has 0 saturated carbocycles. The van der Waals surface area contributed by atoms with Gasteiger partial charge in [0.1, 0.15) is 0 Å². The van der Waals surface area contributed by atoms with Gasteiger partial charge in [-0.05, 0) is 54.2 Å². The van der Waals surface area contributed by atoms with E-state index >= 15 is 0 Å². The number of anilines is 1. The standard InChI is InChI=1S/C23H31N3S/c1-19(2)17-21-9-6-10-22(18-21)25-13-15-26(16-14-25)23(27)24-12-11-20-7-4-3-5-8-20/h3-10,18-19H,11-17H2,1-2H3,(H,24,27). The molecule has 1 N–H and O–H groups in total. The fourth-order valence-corrected chi connectivity index (χ4v) is 3.87. The van der Waals surface area contributed by atoms with Crippen molar-refractivity contribution in [2.45, 2.75) is 26.7 Å². The maximum absolute atomic E-state index is 5.61. The lowest BCUT2D eigenvalue weighted by Crippen LogP contribution is -2.52. The van der Waals surface area contributed by atoms with Crippen molar-refractivity contribution in [1.29, 1.82) is 0 Å². The SMILES string of the molecule is CC(C)Cc1cccc(N2CCN(C(=S)NCCc3ccccc3)CC2)c1. The molecule has 4 heteroatoms. The van der Waals surface area contributed by atoms with Crippen LogP contribution in [-0.2, 0) is 12.8 Å². The van der Waals surface area contributed by atoms with Gasteiger partial charge in [-0.1, -0.05) is 56.3 Å². The Balaban J connectivity index is 1.45. The third-order valence-electron chi connectivity index (χ3n) is 5.02. The molecular formula is C23H31N3S. The average Bonchev–Trinajstić information content (AvgIpc) is 2.68. The minimum atomic E-state index is 0.691. The summed E-state index contributed by atoms with van der Waals surface area (Å²) in [6, 6.07) is 19.6. The van der Waals surface area contributed by atoms with Gasteiger partial charge in [0.2, 0.25) is 0 Å². The summed E-state index contributed by atoms with van der Waals surface area (Å²) in [5, 5.41) is 4.31. The van der Waals surface area contributed by atoms with E-state index in [0.29, 0.717) is 5.92 Å². The van der Waals surface area contributed by atoms with Gasteiger partial charge < -0.3 is 15.1 Å². The summed E-state index contributed by atoms with van der Waals surface area (Å²) >= 11 is 5.61. The third-order valence-corrected chi connectivity index (χ3v) is 5.42. The summed E-state index contributed by atoms with van der Waals surface area (Å²) in [7, 11) is 0. The molecule has 0 radical (unpaired) electrons. The molecule has 0 bridgehead atoms. The Morgan fingerprint density at radius 2 is 1.67 bits per heavy atom. The quantitative estimate of drug-likeness (QED) is 0.758. The third kappa shape index (κ3) is 5.96. The van der Waals surface area contributed by atoms with Crippen molar-refractivity contribution in [2.24, 2.45) is 5.92 Å². The lowest BCUT2D eigenvalue weighted by Gasteiger charge is -2.37. The summed E-state index contributed by atoms with van der Waals surface area (Å²) in [5.74, 6) is 0.691. The highest BCUT2D eigenvalue weighted by Gasteiger charge is 2.19. The van der Waals surface area contributed by atoms with Gasteiger partial charge in [-0.3, -0.25) is 0 Å². The van der Waals surface area contributed by atoms with Gasteiger partial charge in [0.25, 0.3) is 0 Å². The molecule has 2 aromatic rings. The zero-order valence-corrected chi connectivity index (χ0v) is 17.3. The maximum Gasteiger partial charge on any atom is 0.169 e. The highest BCUT2D eigenvalue weighted by molar-refractivity contribution is 7.80. The number of nitrogens with one attached hydrogen (secondary N) is 1. The smallest absolute Gasteiger partial charge is 0.169 e. The molecule has 144 valence electrons. The van der Waals surface area contributed by atoms with Crippen LogP contribution in [0.2, 0.25) is 0 Å². The van der Waals surface area contributed by atoms with Crippen LogP contribution in [0.1, 0.15) is 25.0 Å². The molecule has 1 fully saturated rings. The van der Waals surface area contributed by atoms with E-state index in [9.17, 15) is 0 Å². The van der Waals surface area contributed by atoms with E-state index in [1.165, 1.54) is 16.8 Å². The van der Waals surface area contributed by atoms with E-state index < -0.39 is 0 Å². The second-order valence-corrected chi connectivity index (χ2v) is 8.10. The van der Waals surface area contributed by atoms with E-state index in [1.807, 2.05) is 0 Å². The largest absolute Gasteiger partial charge is 0.368 e. The fourth-order valence-electron chi connectivity index (χ4n) is 3.59. The van der Waals surface area contributed by atoms with Gasteiger partial charge in [-0.15, -0.1) is 0 Å². The molecule has 0 aromatic heterocycles. The summed E-state index contributed by atoms with van der Waals surface area (Å²) in [5.41, 5.74) is 4.12. The van der Waals surface area contributed by atoms with E-state index in [-0.39, 0.29) is 0 Å². The molecule has 0 aliphatic carbocycles. The second-order valence-electron chi connectivity index (χ2n) is 7.71. The van der Waals surface area contributed by atoms with Gasteiger partial charge in [-0.2, -0.15) is 0 Å². The number of nitrogens with zero attached hydrogens (tertiary/aromatic N) is 2. The van der Waals surface area contributed by atoms with E-state index in [1.54, 1.807) is 0 Å². The molecule has 0 unspecified atom stereocenters. The molecule has 0 spiro atoms. The van der Waals surface area contributed by atoms with Crippen LogP contribution in [0, 0.1) is 5.92 Å². The molecule has 1 saturated heterocycles. The van der Waals surface area contributed by atoms with E-state index in [2.05, 4.69) is 83.6 Å². The van der Waals surface area contributed by atoms with Gasteiger partial charge in [0, 0.05) is 38.4 Å². The lowest BCUT2D eigenvalue weighted by molar-refractivity contribution is 0.380. The molecule has 27 heavy (non-hydrogen) atoms. The van der Waals surface area contributed by atoms with E-state index in [0.717, 1.165) is 50.7 Å². The molecule has 3 nitrogen and oxygen atoms in total. The van der Waals surface area contributed by atoms with Crippen molar-refractivity contribution in [2.75, 3.05) is 37.6 Å². The predicted molar refractivity (Wildman–Crippen MR) is 120 cm³/mol. The fraction of sp³-hybridized carbons (Fsp3) is 0.435. The predicted octanol–water partition coefficient (Wildman–Crippen LogP) is 4.12. The lowest BCUT2D eigenvalue weighted by atomic mass is 10.0. The van der Waals surface area contributed by atoms with Gasteiger partial charge in [0.05, 0.1) is 0 Å². The Labute approximate surface area is 169 Å². The zero-order chi connectivity index (χ0) is 19.1. The number of thiocarbonyl (C=S) groups is 1. The molecule has 0 amide bonds. The molecule has 0 atom stereocenters. The first-order valence-electron chi connectivity index (χ1n) is 10.0. The van der Waals surface area contributed by atoms with Crippen LogP contribution < -0.4 is 10.2 Å². The normalized spacial score (nSPS) is 14.5. The number of benzene rings is 2. The first kappa shape index (κ1) is 19.7. The summed E-state index contributed by atoms with van der Waals surface area (Å²) in [6.07, 6.45) is 2.15. The number of rotatable bonds is 6. The first-order chi connectivity index (χ1) is 13.1. The van der Waals surface area contributed by atoms with Crippen LogP contribution in [0.25, 0.3) is 0 Å². The summed E-state index contributed by atoms with van der Waals surface area (Å²) in [6.45, 7) is 9.43. The van der Waals surface area contributed by atoms with E-state index in [4.69, 9.17) is 12.2 Å². The van der Waals surface area contributed by atoms with Gasteiger partial charge in [0.15, 0.2) is 5.11 Å². The van der Waals surface area contributed by atoms with Crippen molar-refractivity contribution in [1.82, 2.24) is 10.2 Å². The van der Waals surface area contributed by atoms with Crippen molar-refractivity contribution >= 4 is 23.0 Å². The number of piperazine rings is 1. The summed E-state index contributed by atoms with van der Waals surface area (Å²) < 4.78 is 0. The van der Waals surface area contributed by atoms with Crippen LogP contribution in [0.15, 0.2) is 54.6 Å². The molecule has 1 heterocycles. The molecule has 2 aromatic carbocycles. The minimum absolute atomic E-state index is 0.691. The van der Waals surface area contributed by atoms with Crippen molar-refractivity contribution in [3.63, 3.8) is 0 Å². The second kappa shape index (κ2) is 9.75. The molecule has 1 aliphatic rings.